The summed E-state index contributed by atoms with van der Waals surface area (Å²) in [5.74, 6) is 0. The average molecular weight is 212 g/mol. The van der Waals surface area contributed by atoms with Crippen LogP contribution in [-0.2, 0) is 4.74 Å². The summed E-state index contributed by atoms with van der Waals surface area (Å²) in [6.45, 7) is 4.64. The molecule has 1 aromatic rings. The van der Waals surface area contributed by atoms with Crippen LogP contribution in [0.3, 0.4) is 0 Å². The molecule has 1 N–H and O–H groups in total. The highest BCUT2D eigenvalue weighted by Crippen LogP contribution is 2.23. The van der Waals surface area contributed by atoms with Gasteiger partial charge in [0.2, 0.25) is 0 Å². The highest BCUT2D eigenvalue weighted by molar-refractivity contribution is 6.30. The van der Waals surface area contributed by atoms with Gasteiger partial charge in [-0.3, -0.25) is 0 Å². The van der Waals surface area contributed by atoms with E-state index in [0.29, 0.717) is 0 Å². The van der Waals surface area contributed by atoms with Crippen LogP contribution in [0.25, 0.3) is 0 Å². The number of morpholine rings is 1. The standard InChI is InChI=1S/C11H14ClNO/c1-8-4-9(6-10(12)5-8)11-7-13-2-3-14-11/h4-6,11,13H,2-3,7H2,1H3. The summed E-state index contributed by atoms with van der Waals surface area (Å²) in [7, 11) is 0. The van der Waals surface area contributed by atoms with Gasteiger partial charge in [0.25, 0.3) is 0 Å². The fourth-order valence-corrected chi connectivity index (χ4v) is 2.03. The first-order valence-corrected chi connectivity index (χ1v) is 5.23. The Hall–Kier alpha value is -0.570. The predicted octanol–water partition coefficient (Wildman–Crippen LogP) is 2.31. The van der Waals surface area contributed by atoms with Crippen LogP contribution in [0, 0.1) is 6.92 Å². The first-order chi connectivity index (χ1) is 6.75. The Kier molecular flexibility index (Phi) is 3.06. The van der Waals surface area contributed by atoms with Crippen molar-refractivity contribution >= 4 is 11.6 Å². The molecule has 0 spiro atoms. The van der Waals surface area contributed by atoms with Crippen molar-refractivity contribution in [1.29, 1.82) is 0 Å². The number of benzene rings is 1. The van der Waals surface area contributed by atoms with Gasteiger partial charge in [0.15, 0.2) is 0 Å². The first-order valence-electron chi connectivity index (χ1n) is 4.85. The fourth-order valence-electron chi connectivity index (χ4n) is 1.73. The van der Waals surface area contributed by atoms with E-state index in [9.17, 15) is 0 Å². The lowest BCUT2D eigenvalue weighted by atomic mass is 10.1. The van der Waals surface area contributed by atoms with Gasteiger partial charge in [0.1, 0.15) is 0 Å². The lowest BCUT2D eigenvalue weighted by Crippen LogP contribution is -2.33. The topological polar surface area (TPSA) is 21.3 Å². The SMILES string of the molecule is Cc1cc(Cl)cc(C2CNCCO2)c1. The Labute approximate surface area is 89.2 Å². The van der Waals surface area contributed by atoms with Crippen molar-refractivity contribution in [3.8, 4) is 0 Å². The zero-order chi connectivity index (χ0) is 9.97. The van der Waals surface area contributed by atoms with Gasteiger partial charge >= 0.3 is 0 Å². The minimum Gasteiger partial charge on any atom is -0.371 e. The average Bonchev–Trinajstić information content (AvgIpc) is 2.18. The summed E-state index contributed by atoms with van der Waals surface area (Å²) >= 11 is 5.99. The Bertz CT molecular complexity index is 301. The van der Waals surface area contributed by atoms with Crippen LogP contribution in [0.15, 0.2) is 18.2 Å². The molecule has 1 aliphatic heterocycles. The lowest BCUT2D eigenvalue weighted by molar-refractivity contribution is 0.0277. The zero-order valence-corrected chi connectivity index (χ0v) is 8.97. The second-order valence-corrected chi connectivity index (χ2v) is 4.06. The molecule has 1 atom stereocenters. The molecule has 1 aliphatic rings. The summed E-state index contributed by atoms with van der Waals surface area (Å²) in [4.78, 5) is 0. The highest BCUT2D eigenvalue weighted by atomic mass is 35.5. The molecule has 1 aromatic carbocycles. The summed E-state index contributed by atoms with van der Waals surface area (Å²) in [5.41, 5.74) is 2.35. The van der Waals surface area contributed by atoms with Crippen LogP contribution in [0.2, 0.25) is 5.02 Å². The third kappa shape index (κ3) is 2.27. The minimum atomic E-state index is 0.154. The molecule has 76 valence electrons. The second-order valence-electron chi connectivity index (χ2n) is 3.63. The maximum atomic E-state index is 5.99. The molecular weight excluding hydrogens is 198 g/mol. The van der Waals surface area contributed by atoms with Gasteiger partial charge in [-0.05, 0) is 30.2 Å². The van der Waals surface area contributed by atoms with E-state index in [1.807, 2.05) is 19.1 Å². The fraction of sp³-hybridized carbons (Fsp3) is 0.455. The quantitative estimate of drug-likeness (QED) is 0.770. The smallest absolute Gasteiger partial charge is 0.0950 e. The summed E-state index contributed by atoms with van der Waals surface area (Å²) in [5, 5.41) is 4.09. The number of aryl methyl sites for hydroxylation is 1. The number of hydrogen-bond acceptors (Lipinski definition) is 2. The van der Waals surface area contributed by atoms with E-state index < -0.39 is 0 Å². The van der Waals surface area contributed by atoms with Gasteiger partial charge in [-0.25, -0.2) is 0 Å². The summed E-state index contributed by atoms with van der Waals surface area (Å²) in [6, 6.07) is 6.07. The van der Waals surface area contributed by atoms with Crippen LogP contribution < -0.4 is 5.32 Å². The van der Waals surface area contributed by atoms with Crippen molar-refractivity contribution in [2.45, 2.75) is 13.0 Å². The normalized spacial score (nSPS) is 22.3. The molecule has 1 saturated heterocycles. The van der Waals surface area contributed by atoms with Crippen LogP contribution in [0.4, 0.5) is 0 Å². The van der Waals surface area contributed by atoms with E-state index in [1.54, 1.807) is 0 Å². The van der Waals surface area contributed by atoms with Crippen molar-refractivity contribution in [3.05, 3.63) is 34.3 Å². The van der Waals surface area contributed by atoms with Crippen molar-refractivity contribution in [1.82, 2.24) is 5.32 Å². The second kappa shape index (κ2) is 4.30. The molecule has 1 unspecified atom stereocenters. The molecule has 0 aliphatic carbocycles. The van der Waals surface area contributed by atoms with E-state index in [0.717, 1.165) is 24.7 Å². The molecule has 14 heavy (non-hydrogen) atoms. The third-order valence-corrected chi connectivity index (χ3v) is 2.58. The molecule has 0 aromatic heterocycles. The molecule has 0 bridgehead atoms. The Balaban J connectivity index is 2.21. The van der Waals surface area contributed by atoms with Crippen LogP contribution in [0.5, 0.6) is 0 Å². The molecular formula is C11H14ClNO. The van der Waals surface area contributed by atoms with Gasteiger partial charge < -0.3 is 10.1 Å². The van der Waals surface area contributed by atoms with Crippen molar-refractivity contribution < 1.29 is 4.74 Å². The van der Waals surface area contributed by atoms with Crippen LogP contribution in [-0.4, -0.2) is 19.7 Å². The lowest BCUT2D eigenvalue weighted by Gasteiger charge is -2.24. The molecule has 2 nitrogen and oxygen atoms in total. The van der Waals surface area contributed by atoms with E-state index in [1.165, 1.54) is 11.1 Å². The molecule has 3 heteroatoms. The summed E-state index contributed by atoms with van der Waals surface area (Å²) < 4.78 is 5.65. The largest absolute Gasteiger partial charge is 0.371 e. The molecule has 1 fully saturated rings. The predicted molar refractivity (Wildman–Crippen MR) is 57.8 cm³/mol. The number of rotatable bonds is 1. The number of hydrogen-bond donors (Lipinski definition) is 1. The van der Waals surface area contributed by atoms with E-state index >= 15 is 0 Å². The first kappa shape index (κ1) is 9.97. The van der Waals surface area contributed by atoms with Crippen LogP contribution >= 0.6 is 11.6 Å². The van der Waals surface area contributed by atoms with Crippen molar-refractivity contribution in [2.75, 3.05) is 19.7 Å². The number of nitrogens with one attached hydrogen (secondary N) is 1. The van der Waals surface area contributed by atoms with Gasteiger partial charge in [0.05, 0.1) is 12.7 Å². The number of ether oxygens (including phenoxy) is 1. The molecule has 0 radical (unpaired) electrons. The van der Waals surface area contributed by atoms with E-state index in [-0.39, 0.29) is 6.10 Å². The maximum Gasteiger partial charge on any atom is 0.0950 e. The number of halogens is 1. The molecule has 0 saturated carbocycles. The Morgan fingerprint density at radius 2 is 2.29 bits per heavy atom. The van der Waals surface area contributed by atoms with Crippen molar-refractivity contribution in [3.63, 3.8) is 0 Å². The van der Waals surface area contributed by atoms with Gasteiger partial charge in [-0.2, -0.15) is 0 Å². The minimum absolute atomic E-state index is 0.154. The Morgan fingerprint density at radius 3 is 2.93 bits per heavy atom. The van der Waals surface area contributed by atoms with E-state index in [2.05, 4.69) is 11.4 Å². The van der Waals surface area contributed by atoms with E-state index in [4.69, 9.17) is 16.3 Å². The van der Waals surface area contributed by atoms with Gasteiger partial charge in [-0.15, -0.1) is 0 Å². The maximum absolute atomic E-state index is 5.99. The molecule has 2 rings (SSSR count). The summed E-state index contributed by atoms with van der Waals surface area (Å²) in [6.07, 6.45) is 0.154. The monoisotopic (exact) mass is 211 g/mol. The van der Waals surface area contributed by atoms with Crippen molar-refractivity contribution in [2.24, 2.45) is 0 Å². The zero-order valence-electron chi connectivity index (χ0n) is 8.22. The Morgan fingerprint density at radius 1 is 1.43 bits per heavy atom. The highest BCUT2D eigenvalue weighted by Gasteiger charge is 2.15. The van der Waals surface area contributed by atoms with Crippen LogP contribution in [0.1, 0.15) is 17.2 Å². The van der Waals surface area contributed by atoms with Gasteiger partial charge in [-0.1, -0.05) is 17.7 Å². The molecule has 0 amide bonds. The van der Waals surface area contributed by atoms with Gasteiger partial charge in [0, 0.05) is 18.1 Å². The molecule has 1 heterocycles. The third-order valence-electron chi connectivity index (χ3n) is 2.36.